The molecule has 0 fully saturated rings. The van der Waals surface area contributed by atoms with Gasteiger partial charge in [0.25, 0.3) is 6.85 Å². The van der Waals surface area contributed by atoms with E-state index in [9.17, 15) is 0 Å². The van der Waals surface area contributed by atoms with Crippen LogP contribution in [0.2, 0.25) is 0 Å². The van der Waals surface area contributed by atoms with Gasteiger partial charge in [0.2, 0.25) is 0 Å². The van der Waals surface area contributed by atoms with E-state index in [-0.39, 0.29) is 0 Å². The van der Waals surface area contributed by atoms with Crippen LogP contribution in [0.1, 0.15) is 26.2 Å². The van der Waals surface area contributed by atoms with E-state index in [2.05, 4.69) is 16.5 Å². The minimum absolute atomic E-state index is 0.576. The van der Waals surface area contributed by atoms with Crippen LogP contribution < -0.4 is 0 Å². The summed E-state index contributed by atoms with van der Waals surface area (Å²) < 4.78 is 4.48. The third-order valence-electron chi connectivity index (χ3n) is 0.940. The Kier molecular flexibility index (Phi) is 8.78. The second-order valence-electron chi connectivity index (χ2n) is 1.81. The predicted molar refractivity (Wildman–Crippen MR) is 45.2 cm³/mol. The van der Waals surface area contributed by atoms with Gasteiger partial charge < -0.3 is 0 Å². The van der Waals surface area contributed by atoms with Crippen molar-refractivity contribution >= 4 is 29.3 Å². The largest absolute Gasteiger partial charge is 0.262 e. The molecule has 0 spiro atoms. The van der Waals surface area contributed by atoms with Crippen LogP contribution in [0, 0.1) is 0 Å². The molecular weight excluding hydrogens is 194 g/mol. The van der Waals surface area contributed by atoms with Gasteiger partial charge in [0.15, 0.2) is 0 Å². The molecule has 2 nitrogen and oxygen atoms in total. The van der Waals surface area contributed by atoms with Gasteiger partial charge in [0, 0.05) is 0 Å². The Labute approximate surface area is 72.1 Å². The van der Waals surface area contributed by atoms with Gasteiger partial charge >= 0.3 is 0 Å². The number of hydrogen-bond donors (Lipinski definition) is 0. The van der Waals surface area contributed by atoms with Crippen molar-refractivity contribution in [1.29, 1.82) is 0 Å². The van der Waals surface area contributed by atoms with Crippen LogP contribution in [-0.2, 0) is 9.56 Å². The van der Waals surface area contributed by atoms with Crippen molar-refractivity contribution in [2.24, 2.45) is 0 Å². The average Bonchev–Trinajstić information content (AvgIpc) is 1.87. The van der Waals surface area contributed by atoms with E-state index in [4.69, 9.17) is 22.5 Å². The van der Waals surface area contributed by atoms with Gasteiger partial charge in [-0.3, -0.25) is 0 Å². The molecule has 0 aliphatic rings. The van der Waals surface area contributed by atoms with Crippen molar-refractivity contribution in [2.75, 3.05) is 6.61 Å². The van der Waals surface area contributed by atoms with Crippen molar-refractivity contribution in [3.8, 4) is 0 Å². The molecule has 10 heavy (non-hydrogen) atoms. The highest BCUT2D eigenvalue weighted by molar-refractivity contribution is 8.00. The zero-order chi connectivity index (χ0) is 7.82. The molecule has 0 saturated heterocycles. The van der Waals surface area contributed by atoms with Gasteiger partial charge in [-0.1, -0.05) is 19.8 Å². The monoisotopic (exact) mass is 204 g/mol. The van der Waals surface area contributed by atoms with Crippen LogP contribution in [0.4, 0.5) is 0 Å². The van der Waals surface area contributed by atoms with Crippen LogP contribution in [0.5, 0.6) is 0 Å². The fourth-order valence-corrected chi connectivity index (χ4v) is 0.881. The molecule has 0 unspecified atom stereocenters. The molecule has 0 radical (unpaired) electrons. The fraction of sp³-hybridized carbons (Fsp3) is 1.00. The summed E-state index contributed by atoms with van der Waals surface area (Å²) >= 11 is 10.5. The van der Waals surface area contributed by atoms with Crippen molar-refractivity contribution in [1.82, 2.24) is 0 Å². The molecule has 0 aromatic carbocycles. The first-order valence-corrected chi connectivity index (χ1v) is 6.25. The highest BCUT2D eigenvalue weighted by Gasteiger charge is 1.98. The summed E-state index contributed by atoms with van der Waals surface area (Å²) in [7, 11) is 0. The first-order chi connectivity index (χ1) is 4.77. The predicted octanol–water partition coefficient (Wildman–Crippen LogP) is 3.83. The normalized spacial score (nSPS) is 10.8. The smallest absolute Gasteiger partial charge is 0.231 e. The Morgan fingerprint density at radius 1 is 1.30 bits per heavy atom. The summed E-state index contributed by atoms with van der Waals surface area (Å²) in [6.45, 7) is 1.30. The number of rotatable bonds is 6. The molecule has 0 N–H and O–H groups in total. The van der Waals surface area contributed by atoms with E-state index in [1.165, 1.54) is 6.42 Å². The quantitative estimate of drug-likeness (QED) is 0.284. The lowest BCUT2D eigenvalue weighted by Crippen LogP contribution is -1.89. The summed E-state index contributed by atoms with van der Waals surface area (Å²) in [5, 5.41) is 0. The van der Waals surface area contributed by atoms with Gasteiger partial charge in [-0.25, -0.2) is 4.89 Å². The minimum atomic E-state index is -1.40. The lowest BCUT2D eigenvalue weighted by molar-refractivity contribution is -0.196. The summed E-state index contributed by atoms with van der Waals surface area (Å²) in [5.74, 6) is 0. The SMILES string of the molecule is CCCCCOOP(Cl)Cl. The Morgan fingerprint density at radius 3 is 2.50 bits per heavy atom. The molecule has 0 saturated carbocycles. The second-order valence-corrected chi connectivity index (χ2v) is 4.72. The zero-order valence-corrected chi connectivity index (χ0v) is 8.25. The molecule has 0 atom stereocenters. The van der Waals surface area contributed by atoms with E-state index in [1.807, 2.05) is 0 Å². The van der Waals surface area contributed by atoms with Crippen LogP contribution >= 0.6 is 29.3 Å². The molecule has 0 aliphatic heterocycles. The molecule has 0 aliphatic carbocycles. The van der Waals surface area contributed by atoms with Crippen LogP contribution in [0.15, 0.2) is 0 Å². The summed E-state index contributed by atoms with van der Waals surface area (Å²) in [4.78, 5) is 4.66. The third kappa shape index (κ3) is 8.93. The first-order valence-electron chi connectivity index (χ1n) is 3.18. The molecule has 0 amide bonds. The van der Waals surface area contributed by atoms with Crippen molar-refractivity contribution < 1.29 is 9.56 Å². The number of halogens is 2. The summed E-state index contributed by atoms with van der Waals surface area (Å²) in [5.41, 5.74) is 0. The summed E-state index contributed by atoms with van der Waals surface area (Å²) in [6.07, 6.45) is 3.30. The molecule has 0 rings (SSSR count). The maximum absolute atomic E-state index is 5.27. The summed E-state index contributed by atoms with van der Waals surface area (Å²) in [6, 6.07) is 0. The van der Waals surface area contributed by atoms with E-state index in [0.717, 1.165) is 12.8 Å². The molecule has 0 bridgehead atoms. The molecule has 0 aromatic rings. The molecule has 62 valence electrons. The third-order valence-corrected chi connectivity index (χ3v) is 1.50. The highest BCUT2D eigenvalue weighted by Crippen LogP contribution is 2.47. The maximum Gasteiger partial charge on any atom is 0.262 e. The number of unbranched alkanes of at least 4 members (excludes halogenated alkanes) is 2. The van der Waals surface area contributed by atoms with Crippen molar-refractivity contribution in [2.45, 2.75) is 26.2 Å². The average molecular weight is 205 g/mol. The van der Waals surface area contributed by atoms with Crippen molar-refractivity contribution in [3.63, 3.8) is 0 Å². The Bertz CT molecular complexity index is 72.7. The van der Waals surface area contributed by atoms with Crippen molar-refractivity contribution in [3.05, 3.63) is 0 Å². The van der Waals surface area contributed by atoms with Gasteiger partial charge in [0.05, 0.1) is 6.61 Å². The van der Waals surface area contributed by atoms with E-state index in [1.54, 1.807) is 0 Å². The molecule has 5 heteroatoms. The van der Waals surface area contributed by atoms with Gasteiger partial charge in [-0.15, -0.1) is 0 Å². The van der Waals surface area contributed by atoms with Crippen LogP contribution in [0.25, 0.3) is 0 Å². The van der Waals surface area contributed by atoms with Crippen LogP contribution in [0.3, 0.4) is 0 Å². The van der Waals surface area contributed by atoms with E-state index in [0.29, 0.717) is 6.61 Å². The maximum atomic E-state index is 5.27. The molecular formula is C5H11Cl2O2P. The van der Waals surface area contributed by atoms with Crippen LogP contribution in [-0.4, -0.2) is 6.61 Å². The number of hydrogen-bond acceptors (Lipinski definition) is 2. The molecule has 0 aromatic heterocycles. The van der Waals surface area contributed by atoms with Gasteiger partial charge in [-0.05, 0) is 28.9 Å². The lowest BCUT2D eigenvalue weighted by atomic mass is 10.3. The van der Waals surface area contributed by atoms with Gasteiger partial charge in [-0.2, -0.15) is 4.67 Å². The standard InChI is InChI=1S/C5H11Cl2O2P/c1-2-3-4-5-8-9-10(6)7/h2-5H2,1H3. The minimum Gasteiger partial charge on any atom is -0.231 e. The lowest BCUT2D eigenvalue weighted by Gasteiger charge is -2.01. The topological polar surface area (TPSA) is 18.5 Å². The fourth-order valence-electron chi connectivity index (χ4n) is 0.488. The van der Waals surface area contributed by atoms with Gasteiger partial charge in [0.1, 0.15) is 0 Å². The Balaban J connectivity index is 2.77. The first kappa shape index (κ1) is 10.9. The zero-order valence-electron chi connectivity index (χ0n) is 5.85. The van der Waals surface area contributed by atoms with E-state index < -0.39 is 6.85 Å². The van der Waals surface area contributed by atoms with E-state index >= 15 is 0 Å². The Hall–Kier alpha value is 0.930. The highest BCUT2D eigenvalue weighted by atomic mass is 35.9. The Morgan fingerprint density at radius 2 is 2.00 bits per heavy atom. The second kappa shape index (κ2) is 8.03. The molecule has 0 heterocycles.